The molecule has 0 radical (unpaired) electrons. The molecule has 0 aliphatic carbocycles. The van der Waals surface area contributed by atoms with Crippen molar-refractivity contribution >= 4 is 38.9 Å². The van der Waals surface area contributed by atoms with Gasteiger partial charge in [0, 0.05) is 18.7 Å². The Labute approximate surface area is 193 Å². The molecule has 0 spiro atoms. The van der Waals surface area contributed by atoms with Crippen molar-refractivity contribution in [3.63, 3.8) is 0 Å². The molecule has 33 heavy (non-hydrogen) atoms. The van der Waals surface area contributed by atoms with Crippen molar-refractivity contribution in [2.24, 2.45) is 0 Å². The van der Waals surface area contributed by atoms with Gasteiger partial charge in [-0.3, -0.25) is 9.59 Å². The highest BCUT2D eigenvalue weighted by molar-refractivity contribution is 7.91. The van der Waals surface area contributed by atoms with E-state index in [-0.39, 0.29) is 38.9 Å². The van der Waals surface area contributed by atoms with Crippen molar-refractivity contribution in [3.05, 3.63) is 53.1 Å². The second kappa shape index (κ2) is 8.96. The Morgan fingerprint density at radius 1 is 1.06 bits per heavy atom. The van der Waals surface area contributed by atoms with E-state index < -0.39 is 27.5 Å². The van der Waals surface area contributed by atoms with E-state index >= 15 is 0 Å². The molecule has 0 saturated carbocycles. The molecule has 7 nitrogen and oxygen atoms in total. The van der Waals surface area contributed by atoms with Crippen LogP contribution >= 0.6 is 11.6 Å². The largest absolute Gasteiger partial charge is 0.426 e. The van der Waals surface area contributed by atoms with Crippen LogP contribution in [0.15, 0.2) is 52.3 Å². The number of nitrogens with zero attached hydrogens (tertiary/aromatic N) is 1. The van der Waals surface area contributed by atoms with Crippen LogP contribution in [-0.4, -0.2) is 55.1 Å². The number of rotatable bonds is 5. The molecule has 1 aliphatic heterocycles. The van der Waals surface area contributed by atoms with Gasteiger partial charge in [-0.15, -0.1) is 0 Å². The number of carbonyl (C=O) groups excluding carboxylic acids is 2. The van der Waals surface area contributed by atoms with Crippen LogP contribution in [0.2, 0.25) is 5.02 Å². The maximum atomic E-state index is 13.0. The van der Waals surface area contributed by atoms with Crippen LogP contribution in [0, 0.1) is 0 Å². The summed E-state index contributed by atoms with van der Waals surface area (Å²) in [6, 6.07) is 8.53. The second-order valence-corrected chi connectivity index (χ2v) is 10.1. The van der Waals surface area contributed by atoms with E-state index in [1.54, 1.807) is 4.90 Å². The molecule has 1 atom stereocenters. The van der Waals surface area contributed by atoms with E-state index in [0.717, 1.165) is 31.0 Å². The lowest BCUT2D eigenvalue weighted by molar-refractivity contribution is -0.242. The molecule has 2 aromatic rings. The number of nitrogens with one attached hydrogen (secondary N) is 1. The number of aliphatic hydroxyl groups is 1. The molecular formula is C21H20ClF3N2O5S. The number of amides is 2. The van der Waals surface area contributed by atoms with Gasteiger partial charge in [-0.25, -0.2) is 8.42 Å². The van der Waals surface area contributed by atoms with Crippen molar-refractivity contribution in [3.8, 4) is 0 Å². The van der Waals surface area contributed by atoms with Crippen LogP contribution in [0.3, 0.4) is 0 Å². The van der Waals surface area contributed by atoms with Crippen molar-refractivity contribution in [1.82, 2.24) is 4.90 Å². The number of alkyl halides is 3. The Bertz CT molecular complexity index is 1190. The molecule has 2 amide bonds. The molecule has 3 rings (SSSR count). The minimum absolute atomic E-state index is 0.166. The van der Waals surface area contributed by atoms with Gasteiger partial charge in [0.05, 0.1) is 20.5 Å². The molecule has 1 saturated heterocycles. The third kappa shape index (κ3) is 4.99. The van der Waals surface area contributed by atoms with Crippen LogP contribution in [-0.2, 0) is 14.6 Å². The maximum absolute atomic E-state index is 13.0. The average molecular weight is 505 g/mol. The molecule has 12 heteroatoms. The maximum Gasteiger partial charge on any atom is 0.426 e. The van der Waals surface area contributed by atoms with Gasteiger partial charge in [-0.1, -0.05) is 17.7 Å². The standard InChI is InChI=1S/C21H20ClF3N2O5S/c1-20(30,21(23,24)25)19(29)26-17-8-7-15(12-16(17)22)33(31,32)14-6-4-5-13(11-14)18(28)27-9-2-3-10-27/h4-8,11-12,30H,2-3,9-10H2,1H3,(H,26,29)/t20-/m1/s1. The minimum atomic E-state index is -5.23. The fourth-order valence-corrected chi connectivity index (χ4v) is 4.80. The van der Waals surface area contributed by atoms with Gasteiger partial charge in [-0.2, -0.15) is 13.2 Å². The summed E-state index contributed by atoms with van der Waals surface area (Å²) in [5.41, 5.74) is -3.78. The van der Waals surface area contributed by atoms with Crippen molar-refractivity contribution < 1.29 is 36.3 Å². The van der Waals surface area contributed by atoms with Crippen LogP contribution in [0.25, 0.3) is 0 Å². The lowest BCUT2D eigenvalue weighted by Gasteiger charge is -2.25. The molecule has 178 valence electrons. The van der Waals surface area contributed by atoms with E-state index in [2.05, 4.69) is 0 Å². The lowest BCUT2D eigenvalue weighted by atomic mass is 10.1. The number of likely N-dealkylation sites (tertiary alicyclic amines) is 1. The van der Waals surface area contributed by atoms with Crippen LogP contribution in [0.1, 0.15) is 30.1 Å². The first-order valence-corrected chi connectivity index (χ1v) is 11.7. The molecule has 0 unspecified atom stereocenters. The van der Waals surface area contributed by atoms with Crippen molar-refractivity contribution in [1.29, 1.82) is 0 Å². The van der Waals surface area contributed by atoms with Crippen LogP contribution in [0.4, 0.5) is 18.9 Å². The monoisotopic (exact) mass is 504 g/mol. The summed E-state index contributed by atoms with van der Waals surface area (Å²) in [4.78, 5) is 25.6. The zero-order valence-electron chi connectivity index (χ0n) is 17.3. The number of benzene rings is 2. The summed E-state index contributed by atoms with van der Waals surface area (Å²) in [5, 5.41) is 10.9. The SMILES string of the molecule is C[C@@](O)(C(=O)Nc1ccc(S(=O)(=O)c2cccc(C(=O)N3CCCC3)c2)cc1Cl)C(F)(F)F. The van der Waals surface area contributed by atoms with Gasteiger partial charge in [0.2, 0.25) is 15.4 Å². The molecule has 2 aromatic carbocycles. The molecular weight excluding hydrogens is 485 g/mol. The summed E-state index contributed by atoms with van der Waals surface area (Å²) in [6.07, 6.45) is -3.47. The van der Waals surface area contributed by atoms with Crippen LogP contribution in [0.5, 0.6) is 0 Å². The zero-order valence-corrected chi connectivity index (χ0v) is 18.9. The second-order valence-electron chi connectivity index (χ2n) is 7.70. The Morgan fingerprint density at radius 3 is 2.24 bits per heavy atom. The van der Waals surface area contributed by atoms with E-state index in [4.69, 9.17) is 11.6 Å². The van der Waals surface area contributed by atoms with Gasteiger partial charge in [0.25, 0.3) is 11.8 Å². The predicted octanol–water partition coefficient (Wildman–Crippen LogP) is 3.66. The summed E-state index contributed by atoms with van der Waals surface area (Å²) in [5.74, 6) is -2.06. The fourth-order valence-electron chi connectivity index (χ4n) is 3.17. The van der Waals surface area contributed by atoms with Gasteiger partial charge in [0.1, 0.15) is 0 Å². The first-order chi connectivity index (χ1) is 15.2. The van der Waals surface area contributed by atoms with Gasteiger partial charge >= 0.3 is 6.18 Å². The third-order valence-corrected chi connectivity index (χ3v) is 7.34. The number of halogens is 4. The van der Waals surface area contributed by atoms with Gasteiger partial charge in [0.15, 0.2) is 0 Å². The van der Waals surface area contributed by atoms with E-state index in [0.29, 0.717) is 13.1 Å². The highest BCUT2D eigenvalue weighted by Crippen LogP contribution is 2.33. The molecule has 2 N–H and O–H groups in total. The topological polar surface area (TPSA) is 104 Å². The molecule has 0 bridgehead atoms. The van der Waals surface area contributed by atoms with E-state index in [1.807, 2.05) is 5.32 Å². The number of carbonyl (C=O) groups is 2. The number of hydrogen-bond acceptors (Lipinski definition) is 5. The number of hydrogen-bond donors (Lipinski definition) is 2. The number of anilines is 1. The average Bonchev–Trinajstić information content (AvgIpc) is 3.28. The Balaban J connectivity index is 1.87. The first-order valence-electron chi connectivity index (χ1n) is 9.79. The van der Waals surface area contributed by atoms with E-state index in [1.165, 1.54) is 24.3 Å². The Morgan fingerprint density at radius 2 is 1.67 bits per heavy atom. The number of sulfone groups is 1. The van der Waals surface area contributed by atoms with E-state index in [9.17, 15) is 36.3 Å². The summed E-state index contributed by atoms with van der Waals surface area (Å²) in [6.45, 7) is 1.48. The lowest BCUT2D eigenvalue weighted by Crippen LogP contribution is -2.52. The summed E-state index contributed by atoms with van der Waals surface area (Å²) in [7, 11) is -4.14. The van der Waals surface area contributed by atoms with Crippen molar-refractivity contribution in [2.75, 3.05) is 18.4 Å². The smallest absolute Gasteiger partial charge is 0.373 e. The highest BCUT2D eigenvalue weighted by atomic mass is 35.5. The normalized spacial score (nSPS) is 16.4. The summed E-state index contributed by atoms with van der Waals surface area (Å²) < 4.78 is 64.6. The Hall–Kier alpha value is -2.63. The fraction of sp³-hybridized carbons (Fsp3) is 0.333. The van der Waals surface area contributed by atoms with Gasteiger partial charge in [-0.05, 0) is 56.2 Å². The predicted molar refractivity (Wildman–Crippen MR) is 114 cm³/mol. The molecule has 0 aromatic heterocycles. The van der Waals surface area contributed by atoms with Crippen molar-refractivity contribution in [2.45, 2.75) is 41.3 Å². The Kier molecular flexibility index (Phi) is 6.79. The third-order valence-electron chi connectivity index (χ3n) is 5.28. The zero-order chi connectivity index (χ0) is 24.6. The quantitative estimate of drug-likeness (QED) is 0.646. The first kappa shape index (κ1) is 25.0. The molecule has 1 heterocycles. The highest BCUT2D eigenvalue weighted by Gasteiger charge is 2.55. The summed E-state index contributed by atoms with van der Waals surface area (Å²) >= 11 is 6.00. The minimum Gasteiger partial charge on any atom is -0.373 e. The van der Waals surface area contributed by atoms with Crippen LogP contribution < -0.4 is 5.32 Å². The molecule has 1 fully saturated rings. The van der Waals surface area contributed by atoms with Gasteiger partial charge < -0.3 is 15.3 Å². The molecule has 1 aliphatic rings.